The molecule has 0 aliphatic carbocycles. The maximum atomic E-state index is 13.9. The van der Waals surface area contributed by atoms with Crippen molar-refractivity contribution in [3.05, 3.63) is 54.0 Å². The summed E-state index contributed by atoms with van der Waals surface area (Å²) in [6.45, 7) is 2.09. The molecule has 1 unspecified atom stereocenters. The molecule has 2 aromatic rings. The SMILES string of the molecule is CN=C(NCc1cccc(OC)c1)NC1CCN(c2ncccc2F)C1.I. The van der Waals surface area contributed by atoms with Gasteiger partial charge in [-0.05, 0) is 36.2 Å². The van der Waals surface area contributed by atoms with Crippen molar-refractivity contribution in [2.45, 2.75) is 19.0 Å². The molecule has 1 aromatic heterocycles. The number of guanidine groups is 1. The van der Waals surface area contributed by atoms with E-state index in [4.69, 9.17) is 4.74 Å². The summed E-state index contributed by atoms with van der Waals surface area (Å²) in [6.07, 6.45) is 2.52. The zero-order valence-corrected chi connectivity index (χ0v) is 17.8. The molecule has 1 aliphatic rings. The van der Waals surface area contributed by atoms with Crippen molar-refractivity contribution in [3.8, 4) is 5.75 Å². The third-order valence-corrected chi connectivity index (χ3v) is 4.39. The van der Waals surface area contributed by atoms with E-state index < -0.39 is 0 Å². The van der Waals surface area contributed by atoms with Crippen LogP contribution >= 0.6 is 24.0 Å². The molecule has 27 heavy (non-hydrogen) atoms. The molecule has 0 amide bonds. The van der Waals surface area contributed by atoms with Crippen molar-refractivity contribution in [3.63, 3.8) is 0 Å². The first-order valence-electron chi connectivity index (χ1n) is 8.65. The van der Waals surface area contributed by atoms with Gasteiger partial charge in [0, 0.05) is 38.9 Å². The van der Waals surface area contributed by atoms with E-state index in [1.165, 1.54) is 6.07 Å². The van der Waals surface area contributed by atoms with Crippen LogP contribution < -0.4 is 20.3 Å². The van der Waals surface area contributed by atoms with Crippen LogP contribution in [0.15, 0.2) is 47.6 Å². The Labute approximate surface area is 176 Å². The van der Waals surface area contributed by atoms with Crippen molar-refractivity contribution in [1.82, 2.24) is 15.6 Å². The second kappa shape index (κ2) is 10.3. The predicted octanol–water partition coefficient (Wildman–Crippen LogP) is 2.79. The second-order valence-corrected chi connectivity index (χ2v) is 6.16. The molecule has 2 N–H and O–H groups in total. The summed E-state index contributed by atoms with van der Waals surface area (Å²) in [6, 6.07) is 11.1. The summed E-state index contributed by atoms with van der Waals surface area (Å²) in [5, 5.41) is 6.70. The molecule has 0 spiro atoms. The van der Waals surface area contributed by atoms with Gasteiger partial charge in [-0.2, -0.15) is 0 Å². The summed E-state index contributed by atoms with van der Waals surface area (Å²) in [5.74, 6) is 1.68. The van der Waals surface area contributed by atoms with Gasteiger partial charge in [-0.15, -0.1) is 24.0 Å². The summed E-state index contributed by atoms with van der Waals surface area (Å²) < 4.78 is 19.1. The molecule has 3 rings (SSSR count). The second-order valence-electron chi connectivity index (χ2n) is 6.16. The molecule has 1 aliphatic heterocycles. The van der Waals surface area contributed by atoms with Gasteiger partial charge in [-0.25, -0.2) is 9.37 Å². The molecule has 1 atom stereocenters. The molecular weight excluding hydrogens is 460 g/mol. The number of rotatable bonds is 5. The largest absolute Gasteiger partial charge is 0.497 e. The van der Waals surface area contributed by atoms with Crippen molar-refractivity contribution in [1.29, 1.82) is 0 Å². The average Bonchev–Trinajstić information content (AvgIpc) is 3.14. The first-order chi connectivity index (χ1) is 12.7. The van der Waals surface area contributed by atoms with Crippen LogP contribution in [0.3, 0.4) is 0 Å². The van der Waals surface area contributed by atoms with Gasteiger partial charge in [-0.3, -0.25) is 4.99 Å². The third kappa shape index (κ3) is 5.69. The lowest BCUT2D eigenvalue weighted by Crippen LogP contribution is -2.44. The quantitative estimate of drug-likeness (QED) is 0.388. The van der Waals surface area contributed by atoms with Crippen LogP contribution in [-0.2, 0) is 6.54 Å². The zero-order chi connectivity index (χ0) is 18.4. The summed E-state index contributed by atoms with van der Waals surface area (Å²) in [4.78, 5) is 10.4. The van der Waals surface area contributed by atoms with Crippen molar-refractivity contribution in [2.75, 3.05) is 32.1 Å². The maximum absolute atomic E-state index is 13.9. The average molecular weight is 485 g/mol. The van der Waals surface area contributed by atoms with Crippen LogP contribution in [-0.4, -0.2) is 44.2 Å². The minimum Gasteiger partial charge on any atom is -0.497 e. The smallest absolute Gasteiger partial charge is 0.191 e. The number of ether oxygens (including phenoxy) is 1. The fourth-order valence-electron chi connectivity index (χ4n) is 3.04. The minimum atomic E-state index is -0.284. The Morgan fingerprint density at radius 3 is 2.96 bits per heavy atom. The number of pyridine rings is 1. The number of nitrogens with one attached hydrogen (secondary N) is 2. The number of aromatic nitrogens is 1. The van der Waals surface area contributed by atoms with Crippen molar-refractivity contribution >= 4 is 35.8 Å². The summed E-state index contributed by atoms with van der Waals surface area (Å²) >= 11 is 0. The molecule has 146 valence electrons. The normalized spacial score (nSPS) is 16.6. The van der Waals surface area contributed by atoms with E-state index >= 15 is 0 Å². The lowest BCUT2D eigenvalue weighted by Gasteiger charge is -2.20. The fraction of sp³-hybridized carbons (Fsp3) is 0.368. The molecule has 0 bridgehead atoms. The van der Waals surface area contributed by atoms with Gasteiger partial charge < -0.3 is 20.3 Å². The molecule has 1 aromatic carbocycles. The van der Waals surface area contributed by atoms with Crippen LogP contribution in [0.4, 0.5) is 10.2 Å². The highest BCUT2D eigenvalue weighted by molar-refractivity contribution is 14.0. The predicted molar refractivity (Wildman–Crippen MR) is 117 cm³/mol. The minimum absolute atomic E-state index is 0. The Morgan fingerprint density at radius 1 is 1.37 bits per heavy atom. The fourth-order valence-corrected chi connectivity index (χ4v) is 3.04. The summed E-state index contributed by atoms with van der Waals surface area (Å²) in [5.41, 5.74) is 1.11. The molecule has 2 heterocycles. The number of hydrogen-bond acceptors (Lipinski definition) is 4. The Hall–Kier alpha value is -2.10. The Morgan fingerprint density at radius 2 is 2.22 bits per heavy atom. The molecular formula is C19H25FIN5O. The number of benzene rings is 1. The highest BCUT2D eigenvalue weighted by Crippen LogP contribution is 2.20. The third-order valence-electron chi connectivity index (χ3n) is 4.39. The number of methoxy groups -OCH3 is 1. The van der Waals surface area contributed by atoms with E-state index in [1.807, 2.05) is 29.2 Å². The first-order valence-corrected chi connectivity index (χ1v) is 8.65. The molecule has 0 saturated carbocycles. The van der Waals surface area contributed by atoms with E-state index in [9.17, 15) is 4.39 Å². The van der Waals surface area contributed by atoms with Gasteiger partial charge >= 0.3 is 0 Å². The van der Waals surface area contributed by atoms with E-state index in [-0.39, 0.29) is 35.8 Å². The Bertz CT molecular complexity index is 773. The van der Waals surface area contributed by atoms with Gasteiger partial charge in [0.1, 0.15) is 5.75 Å². The molecule has 1 fully saturated rings. The summed E-state index contributed by atoms with van der Waals surface area (Å²) in [7, 11) is 3.40. The van der Waals surface area contributed by atoms with Crippen molar-refractivity contribution < 1.29 is 9.13 Å². The van der Waals surface area contributed by atoms with Crippen LogP contribution in [0.1, 0.15) is 12.0 Å². The van der Waals surface area contributed by atoms with Gasteiger partial charge in [0.25, 0.3) is 0 Å². The first kappa shape index (κ1) is 21.2. The van der Waals surface area contributed by atoms with Crippen LogP contribution in [0, 0.1) is 5.82 Å². The van der Waals surface area contributed by atoms with E-state index in [0.717, 1.165) is 30.2 Å². The monoisotopic (exact) mass is 485 g/mol. The van der Waals surface area contributed by atoms with E-state index in [2.05, 4.69) is 20.6 Å². The van der Waals surface area contributed by atoms with Gasteiger partial charge in [0.05, 0.1) is 7.11 Å². The maximum Gasteiger partial charge on any atom is 0.191 e. The molecule has 1 saturated heterocycles. The highest BCUT2D eigenvalue weighted by Gasteiger charge is 2.25. The standard InChI is InChI=1S/C19H24FN5O.HI/c1-21-19(23-12-14-5-3-6-16(11-14)26-2)24-15-8-10-25(13-15)18-17(20)7-4-9-22-18;/h3-7,9,11,15H,8,10,12-13H2,1-2H3,(H2,21,23,24);1H. The Balaban J connectivity index is 0.00000261. The zero-order valence-electron chi connectivity index (χ0n) is 15.5. The van der Waals surface area contributed by atoms with Crippen LogP contribution in [0.5, 0.6) is 5.75 Å². The van der Waals surface area contributed by atoms with Crippen LogP contribution in [0.25, 0.3) is 0 Å². The Kier molecular flexibility index (Phi) is 8.08. The molecule has 0 radical (unpaired) electrons. The number of anilines is 1. The lowest BCUT2D eigenvalue weighted by atomic mass is 10.2. The van der Waals surface area contributed by atoms with Crippen molar-refractivity contribution in [2.24, 2.45) is 4.99 Å². The van der Waals surface area contributed by atoms with Crippen LogP contribution in [0.2, 0.25) is 0 Å². The number of halogens is 2. The molecule has 8 heteroatoms. The van der Waals surface area contributed by atoms with Gasteiger partial charge in [0.2, 0.25) is 0 Å². The lowest BCUT2D eigenvalue weighted by molar-refractivity contribution is 0.414. The topological polar surface area (TPSA) is 61.8 Å². The number of hydrogen-bond donors (Lipinski definition) is 2. The van der Waals surface area contributed by atoms with E-state index in [0.29, 0.717) is 18.9 Å². The number of nitrogens with zero attached hydrogens (tertiary/aromatic N) is 3. The van der Waals surface area contributed by atoms with Gasteiger partial charge in [-0.1, -0.05) is 12.1 Å². The highest BCUT2D eigenvalue weighted by atomic mass is 127. The van der Waals surface area contributed by atoms with E-state index in [1.54, 1.807) is 26.4 Å². The number of aliphatic imine (C=N–C) groups is 1. The van der Waals surface area contributed by atoms with Gasteiger partial charge in [0.15, 0.2) is 17.6 Å². The molecule has 6 nitrogen and oxygen atoms in total.